The Balaban J connectivity index is 1.84. The second kappa shape index (κ2) is 4.42. The molecule has 0 N–H and O–H groups in total. The molecule has 1 saturated carbocycles. The van der Waals surface area contributed by atoms with Crippen LogP contribution >= 0.6 is 23.5 Å². The topological polar surface area (TPSA) is 0 Å². The zero-order valence-electron chi connectivity index (χ0n) is 8.82. The van der Waals surface area contributed by atoms with Crippen molar-refractivity contribution in [2.45, 2.75) is 41.3 Å². The first-order valence-electron chi connectivity index (χ1n) is 5.73. The van der Waals surface area contributed by atoms with Gasteiger partial charge in [0, 0.05) is 22.0 Å². The van der Waals surface area contributed by atoms with Crippen molar-refractivity contribution in [3.05, 3.63) is 35.4 Å². The van der Waals surface area contributed by atoms with Crippen LogP contribution < -0.4 is 0 Å². The largest absolute Gasteiger partial charge is 0.153 e. The molecular formula is C13H16S2. The van der Waals surface area contributed by atoms with Gasteiger partial charge in [0.05, 0.1) is 0 Å². The summed E-state index contributed by atoms with van der Waals surface area (Å²) in [5.74, 6) is 2.47. The van der Waals surface area contributed by atoms with E-state index in [9.17, 15) is 0 Å². The molecule has 1 fully saturated rings. The average molecular weight is 236 g/mol. The monoisotopic (exact) mass is 236 g/mol. The first-order valence-corrected chi connectivity index (χ1v) is 7.83. The van der Waals surface area contributed by atoms with Crippen LogP contribution in [0.25, 0.3) is 0 Å². The van der Waals surface area contributed by atoms with E-state index < -0.39 is 0 Å². The molecule has 1 aromatic rings. The van der Waals surface area contributed by atoms with E-state index in [1.807, 2.05) is 0 Å². The van der Waals surface area contributed by atoms with Crippen molar-refractivity contribution < 1.29 is 0 Å². The summed E-state index contributed by atoms with van der Waals surface area (Å²) in [7, 11) is 0. The molecule has 0 bridgehead atoms. The van der Waals surface area contributed by atoms with E-state index in [0.29, 0.717) is 0 Å². The number of rotatable bonds is 0. The van der Waals surface area contributed by atoms with Gasteiger partial charge in [-0.15, -0.1) is 0 Å². The number of thioether (sulfide) groups is 2. The molecule has 1 aliphatic heterocycles. The molecule has 0 amide bonds. The third kappa shape index (κ3) is 2.07. The summed E-state index contributed by atoms with van der Waals surface area (Å²) in [6.45, 7) is 0. The summed E-state index contributed by atoms with van der Waals surface area (Å²) in [5.41, 5.74) is 3.14. The lowest BCUT2D eigenvalue weighted by atomic mass is 10.1. The minimum Gasteiger partial charge on any atom is -0.153 e. The molecule has 1 aromatic carbocycles. The summed E-state index contributed by atoms with van der Waals surface area (Å²) >= 11 is 4.38. The van der Waals surface area contributed by atoms with Gasteiger partial charge < -0.3 is 0 Å². The Kier molecular flexibility index (Phi) is 2.98. The van der Waals surface area contributed by atoms with Gasteiger partial charge in [-0.1, -0.05) is 30.7 Å². The van der Waals surface area contributed by atoms with Gasteiger partial charge in [-0.2, -0.15) is 23.5 Å². The third-order valence-corrected chi connectivity index (χ3v) is 6.53. The van der Waals surface area contributed by atoms with Gasteiger partial charge in [0.1, 0.15) is 0 Å². The molecule has 0 radical (unpaired) electrons. The fraction of sp³-hybridized carbons (Fsp3) is 0.538. The maximum atomic E-state index is 2.30. The molecule has 0 saturated heterocycles. The maximum Gasteiger partial charge on any atom is 0.0190 e. The second-order valence-corrected chi connectivity index (χ2v) is 6.85. The van der Waals surface area contributed by atoms with Crippen LogP contribution in [0.1, 0.15) is 30.4 Å². The van der Waals surface area contributed by atoms with E-state index in [-0.39, 0.29) is 0 Å². The summed E-state index contributed by atoms with van der Waals surface area (Å²) in [5, 5.41) is 1.87. The second-order valence-electron chi connectivity index (χ2n) is 4.40. The van der Waals surface area contributed by atoms with Crippen LogP contribution in [0.5, 0.6) is 0 Å². The standard InChI is InChI=1S/C13H16S2/c1-2-5-11-9-15-13-7-3-6-12(13)14-8-10(11)4-1/h1-2,4-5,12-13H,3,6-9H2. The molecule has 0 spiro atoms. The van der Waals surface area contributed by atoms with Gasteiger partial charge in [-0.05, 0) is 24.0 Å². The van der Waals surface area contributed by atoms with Crippen molar-refractivity contribution >= 4 is 23.5 Å². The molecule has 0 aromatic heterocycles. The van der Waals surface area contributed by atoms with E-state index in [1.165, 1.54) is 30.8 Å². The fourth-order valence-corrected chi connectivity index (χ4v) is 5.70. The zero-order chi connectivity index (χ0) is 10.1. The smallest absolute Gasteiger partial charge is 0.0190 e. The Morgan fingerprint density at radius 1 is 0.867 bits per heavy atom. The van der Waals surface area contributed by atoms with Gasteiger partial charge in [0.25, 0.3) is 0 Å². The quantitative estimate of drug-likeness (QED) is 0.665. The van der Waals surface area contributed by atoms with E-state index in [0.717, 1.165) is 10.5 Å². The zero-order valence-corrected chi connectivity index (χ0v) is 10.4. The number of hydrogen-bond acceptors (Lipinski definition) is 2. The minimum atomic E-state index is 0.934. The van der Waals surface area contributed by atoms with Gasteiger partial charge in [-0.25, -0.2) is 0 Å². The van der Waals surface area contributed by atoms with Gasteiger partial charge in [0.15, 0.2) is 0 Å². The highest BCUT2D eigenvalue weighted by molar-refractivity contribution is 8.03. The third-order valence-electron chi connectivity index (χ3n) is 3.42. The summed E-state index contributed by atoms with van der Waals surface area (Å²) in [4.78, 5) is 0. The lowest BCUT2D eigenvalue weighted by Crippen LogP contribution is -2.15. The summed E-state index contributed by atoms with van der Waals surface area (Å²) in [6, 6.07) is 8.96. The van der Waals surface area contributed by atoms with Crippen molar-refractivity contribution in [1.29, 1.82) is 0 Å². The molecule has 2 aliphatic rings. The van der Waals surface area contributed by atoms with E-state index in [4.69, 9.17) is 0 Å². The Hall–Kier alpha value is -0.0800. The molecule has 2 atom stereocenters. The Labute approximate surface area is 100 Å². The van der Waals surface area contributed by atoms with E-state index in [1.54, 1.807) is 11.1 Å². The predicted molar refractivity (Wildman–Crippen MR) is 70.5 cm³/mol. The van der Waals surface area contributed by atoms with Crippen molar-refractivity contribution in [3.63, 3.8) is 0 Å². The lowest BCUT2D eigenvalue weighted by molar-refractivity contribution is 0.890. The lowest BCUT2D eigenvalue weighted by Gasteiger charge is -2.23. The molecule has 1 aliphatic carbocycles. The van der Waals surface area contributed by atoms with Crippen molar-refractivity contribution in [2.24, 2.45) is 0 Å². The number of hydrogen-bond donors (Lipinski definition) is 0. The average Bonchev–Trinajstić information content (AvgIpc) is 2.68. The molecular weight excluding hydrogens is 220 g/mol. The van der Waals surface area contributed by atoms with Crippen molar-refractivity contribution in [1.82, 2.24) is 0 Å². The first-order chi connectivity index (χ1) is 7.43. The van der Waals surface area contributed by atoms with Gasteiger partial charge >= 0.3 is 0 Å². The van der Waals surface area contributed by atoms with Crippen molar-refractivity contribution in [3.8, 4) is 0 Å². The highest BCUT2D eigenvalue weighted by Gasteiger charge is 2.29. The van der Waals surface area contributed by atoms with Crippen LogP contribution in [-0.2, 0) is 11.5 Å². The van der Waals surface area contributed by atoms with Crippen LogP contribution in [0.15, 0.2) is 24.3 Å². The molecule has 15 heavy (non-hydrogen) atoms. The summed E-state index contributed by atoms with van der Waals surface area (Å²) in [6.07, 6.45) is 4.35. The van der Waals surface area contributed by atoms with Crippen LogP contribution in [-0.4, -0.2) is 10.5 Å². The van der Waals surface area contributed by atoms with Crippen LogP contribution in [0.4, 0.5) is 0 Å². The van der Waals surface area contributed by atoms with Crippen molar-refractivity contribution in [2.75, 3.05) is 0 Å². The van der Waals surface area contributed by atoms with Gasteiger partial charge in [0.2, 0.25) is 0 Å². The SMILES string of the molecule is c1ccc2c(c1)CSC1CCCC1SC2. The molecule has 1 heterocycles. The van der Waals surface area contributed by atoms with E-state index >= 15 is 0 Å². The molecule has 2 heteroatoms. The minimum absolute atomic E-state index is 0.934. The van der Waals surface area contributed by atoms with Crippen LogP contribution in [0.2, 0.25) is 0 Å². The first kappa shape index (κ1) is 10.1. The Bertz CT molecular complexity index is 315. The molecule has 3 rings (SSSR count). The highest BCUT2D eigenvalue weighted by Crippen LogP contribution is 2.42. The summed E-state index contributed by atoms with van der Waals surface area (Å²) < 4.78 is 0. The molecule has 2 unspecified atom stereocenters. The maximum absolute atomic E-state index is 2.30. The molecule has 80 valence electrons. The number of benzene rings is 1. The number of fused-ring (bicyclic) bond motifs is 2. The predicted octanol–water partition coefficient (Wildman–Crippen LogP) is 4.09. The normalized spacial score (nSPS) is 30.1. The highest BCUT2D eigenvalue weighted by atomic mass is 32.2. The fourth-order valence-electron chi connectivity index (χ4n) is 2.51. The Morgan fingerprint density at radius 2 is 1.40 bits per heavy atom. The van der Waals surface area contributed by atoms with E-state index in [2.05, 4.69) is 47.8 Å². The Morgan fingerprint density at radius 3 is 1.93 bits per heavy atom. The van der Waals surface area contributed by atoms with Crippen LogP contribution in [0.3, 0.4) is 0 Å². The van der Waals surface area contributed by atoms with Gasteiger partial charge in [-0.3, -0.25) is 0 Å². The van der Waals surface area contributed by atoms with Crippen LogP contribution in [0, 0.1) is 0 Å². The molecule has 0 nitrogen and oxygen atoms in total.